The first-order valence-electron chi connectivity index (χ1n) is 8.91. The number of benzene rings is 1. The Morgan fingerprint density at radius 1 is 1.14 bits per heavy atom. The molecule has 28 heavy (non-hydrogen) atoms. The molecule has 4 rings (SSSR count). The molecule has 3 heterocycles. The number of carbonyl (C=O) groups is 1. The van der Waals surface area contributed by atoms with Crippen LogP contribution < -0.4 is 10.2 Å². The Hall–Kier alpha value is -3.86. The number of piperazine rings is 1. The zero-order chi connectivity index (χ0) is 19.3. The molecule has 1 aliphatic rings. The number of rotatable bonds is 4. The molecule has 0 radical (unpaired) electrons. The first-order chi connectivity index (χ1) is 13.7. The number of aromatic nitrogens is 2. The van der Waals surface area contributed by atoms with Crippen LogP contribution in [-0.2, 0) is 0 Å². The third-order valence-corrected chi connectivity index (χ3v) is 4.49. The van der Waals surface area contributed by atoms with E-state index < -0.39 is 0 Å². The highest BCUT2D eigenvalue weighted by Crippen LogP contribution is 2.19. The van der Waals surface area contributed by atoms with E-state index in [2.05, 4.69) is 21.4 Å². The van der Waals surface area contributed by atoms with Gasteiger partial charge in [0.25, 0.3) is 5.91 Å². The highest BCUT2D eigenvalue weighted by molar-refractivity contribution is 5.91. The quantitative estimate of drug-likeness (QED) is 0.749. The fraction of sp³-hybridized carbons (Fsp3) is 0.200. The summed E-state index contributed by atoms with van der Waals surface area (Å²) in [5.41, 5.74) is 1.37. The van der Waals surface area contributed by atoms with Crippen LogP contribution in [0.15, 0.2) is 59.3 Å². The summed E-state index contributed by atoms with van der Waals surface area (Å²) in [6.45, 7) is 2.43. The Bertz CT molecular complexity index is 1000. The summed E-state index contributed by atoms with van der Waals surface area (Å²) in [5, 5.41) is 12.2. The van der Waals surface area contributed by atoms with Crippen molar-refractivity contribution in [2.75, 3.05) is 36.4 Å². The smallest absolute Gasteiger partial charge is 0.289 e. The van der Waals surface area contributed by atoms with Gasteiger partial charge in [-0.3, -0.25) is 4.79 Å². The number of carbonyl (C=O) groups excluding carboxylic acids is 1. The molecule has 1 saturated heterocycles. The minimum absolute atomic E-state index is 0.0987. The number of hydrogen-bond donors (Lipinski definition) is 1. The molecule has 1 aliphatic heterocycles. The molecule has 0 atom stereocenters. The van der Waals surface area contributed by atoms with E-state index in [9.17, 15) is 4.79 Å². The van der Waals surface area contributed by atoms with Gasteiger partial charge in [-0.15, -0.1) is 0 Å². The van der Waals surface area contributed by atoms with Gasteiger partial charge in [-0.2, -0.15) is 10.2 Å². The SMILES string of the molecule is N#Cc1cccc(Nc2ccnc(N3CCN(C(=O)c4ccco4)CC3)n2)c1. The maximum Gasteiger partial charge on any atom is 0.289 e. The Morgan fingerprint density at radius 2 is 2.00 bits per heavy atom. The van der Waals surface area contributed by atoms with Gasteiger partial charge in [0, 0.05) is 38.1 Å². The molecule has 0 unspecified atom stereocenters. The van der Waals surface area contributed by atoms with Crippen molar-refractivity contribution in [1.82, 2.24) is 14.9 Å². The summed E-state index contributed by atoms with van der Waals surface area (Å²) in [5.74, 6) is 1.51. The molecule has 0 spiro atoms. The van der Waals surface area contributed by atoms with E-state index in [-0.39, 0.29) is 5.91 Å². The molecule has 1 fully saturated rings. The van der Waals surface area contributed by atoms with Crippen LogP contribution in [-0.4, -0.2) is 47.0 Å². The highest BCUT2D eigenvalue weighted by Gasteiger charge is 2.24. The van der Waals surface area contributed by atoms with Gasteiger partial charge in [-0.05, 0) is 36.4 Å². The lowest BCUT2D eigenvalue weighted by atomic mass is 10.2. The summed E-state index contributed by atoms with van der Waals surface area (Å²) in [6, 6.07) is 14.5. The average Bonchev–Trinajstić information content (AvgIpc) is 3.29. The van der Waals surface area contributed by atoms with Crippen LogP contribution in [0.2, 0.25) is 0 Å². The average molecular weight is 374 g/mol. The third-order valence-electron chi connectivity index (χ3n) is 4.49. The Labute approximate surface area is 162 Å². The second kappa shape index (κ2) is 7.80. The molecule has 1 aromatic carbocycles. The topological polar surface area (TPSA) is 98.3 Å². The van der Waals surface area contributed by atoms with E-state index in [1.165, 1.54) is 6.26 Å². The van der Waals surface area contributed by atoms with E-state index in [0.717, 1.165) is 5.69 Å². The summed E-state index contributed by atoms with van der Waals surface area (Å²) < 4.78 is 5.19. The highest BCUT2D eigenvalue weighted by atomic mass is 16.3. The first-order valence-corrected chi connectivity index (χ1v) is 8.91. The second-order valence-corrected chi connectivity index (χ2v) is 6.32. The van der Waals surface area contributed by atoms with E-state index in [1.54, 1.807) is 41.4 Å². The Kier molecular flexibility index (Phi) is 4.89. The molecule has 3 aromatic rings. The van der Waals surface area contributed by atoms with Crippen molar-refractivity contribution in [2.45, 2.75) is 0 Å². The number of hydrogen-bond acceptors (Lipinski definition) is 7. The van der Waals surface area contributed by atoms with Crippen LogP contribution in [0.1, 0.15) is 16.1 Å². The number of nitrogens with one attached hydrogen (secondary N) is 1. The normalized spacial score (nSPS) is 13.8. The molecule has 140 valence electrons. The van der Waals surface area contributed by atoms with Crippen molar-refractivity contribution in [3.63, 3.8) is 0 Å². The second-order valence-electron chi connectivity index (χ2n) is 6.32. The lowest BCUT2D eigenvalue weighted by Gasteiger charge is -2.34. The van der Waals surface area contributed by atoms with Gasteiger partial charge in [0.2, 0.25) is 5.95 Å². The number of furan rings is 1. The van der Waals surface area contributed by atoms with Crippen LogP contribution in [0.5, 0.6) is 0 Å². The number of anilines is 3. The van der Waals surface area contributed by atoms with E-state index >= 15 is 0 Å². The molecule has 8 nitrogen and oxygen atoms in total. The fourth-order valence-electron chi connectivity index (χ4n) is 3.05. The number of nitrogens with zero attached hydrogens (tertiary/aromatic N) is 5. The zero-order valence-electron chi connectivity index (χ0n) is 15.1. The summed E-state index contributed by atoms with van der Waals surface area (Å²) in [7, 11) is 0. The van der Waals surface area contributed by atoms with Crippen LogP contribution in [0.3, 0.4) is 0 Å². The minimum Gasteiger partial charge on any atom is -0.459 e. The van der Waals surface area contributed by atoms with Gasteiger partial charge in [0.1, 0.15) is 5.82 Å². The van der Waals surface area contributed by atoms with Crippen LogP contribution >= 0.6 is 0 Å². The summed E-state index contributed by atoms with van der Waals surface area (Å²) in [6.07, 6.45) is 3.20. The van der Waals surface area contributed by atoms with Gasteiger partial charge in [0.15, 0.2) is 5.76 Å². The van der Waals surface area contributed by atoms with Gasteiger partial charge in [-0.25, -0.2) is 4.98 Å². The molecule has 0 aliphatic carbocycles. The monoisotopic (exact) mass is 374 g/mol. The molecular weight excluding hydrogens is 356 g/mol. The Morgan fingerprint density at radius 3 is 2.75 bits per heavy atom. The molecular formula is C20H18N6O2. The van der Waals surface area contributed by atoms with Crippen LogP contribution in [0.25, 0.3) is 0 Å². The Balaban J connectivity index is 1.41. The maximum absolute atomic E-state index is 12.4. The molecule has 2 aromatic heterocycles. The number of nitriles is 1. The van der Waals surface area contributed by atoms with E-state index in [0.29, 0.717) is 49.3 Å². The van der Waals surface area contributed by atoms with Crippen LogP contribution in [0, 0.1) is 11.3 Å². The first kappa shape index (κ1) is 17.5. The number of amides is 1. The third kappa shape index (κ3) is 3.78. The van der Waals surface area contributed by atoms with E-state index in [4.69, 9.17) is 9.68 Å². The van der Waals surface area contributed by atoms with E-state index in [1.807, 2.05) is 17.0 Å². The molecule has 0 saturated carbocycles. The summed E-state index contributed by atoms with van der Waals surface area (Å²) in [4.78, 5) is 25.1. The predicted molar refractivity (Wildman–Crippen MR) is 103 cm³/mol. The van der Waals surface area contributed by atoms with Gasteiger partial charge < -0.3 is 19.5 Å². The largest absolute Gasteiger partial charge is 0.459 e. The maximum atomic E-state index is 12.4. The van der Waals surface area contributed by atoms with Crippen LogP contribution in [0.4, 0.5) is 17.5 Å². The molecule has 0 bridgehead atoms. The lowest BCUT2D eigenvalue weighted by molar-refractivity contribution is 0.0714. The van der Waals surface area contributed by atoms with Gasteiger partial charge >= 0.3 is 0 Å². The van der Waals surface area contributed by atoms with Gasteiger partial charge in [-0.1, -0.05) is 6.07 Å². The molecule has 1 amide bonds. The van der Waals surface area contributed by atoms with Crippen molar-refractivity contribution in [1.29, 1.82) is 5.26 Å². The van der Waals surface area contributed by atoms with Crippen molar-refractivity contribution in [3.8, 4) is 6.07 Å². The fourth-order valence-corrected chi connectivity index (χ4v) is 3.05. The van der Waals surface area contributed by atoms with Crippen molar-refractivity contribution in [2.24, 2.45) is 0 Å². The van der Waals surface area contributed by atoms with Gasteiger partial charge in [0.05, 0.1) is 17.9 Å². The zero-order valence-corrected chi connectivity index (χ0v) is 15.1. The summed E-state index contributed by atoms with van der Waals surface area (Å²) >= 11 is 0. The predicted octanol–water partition coefficient (Wildman–Crippen LogP) is 2.65. The molecule has 8 heteroatoms. The standard InChI is InChI=1S/C20H18N6O2/c21-14-15-3-1-4-16(13-15)23-18-6-7-22-20(24-18)26-10-8-25(9-11-26)19(27)17-5-2-12-28-17/h1-7,12-13H,8-11H2,(H,22,23,24). The molecule has 1 N–H and O–H groups in total. The minimum atomic E-state index is -0.0987. The van der Waals surface area contributed by atoms with Crippen molar-refractivity contribution >= 4 is 23.4 Å². The lowest BCUT2D eigenvalue weighted by Crippen LogP contribution is -2.49. The van der Waals surface area contributed by atoms with Crippen molar-refractivity contribution in [3.05, 3.63) is 66.2 Å². The van der Waals surface area contributed by atoms with Crippen molar-refractivity contribution < 1.29 is 9.21 Å².